The van der Waals surface area contributed by atoms with Gasteiger partial charge in [0.25, 0.3) is 5.91 Å². The number of fused-ring (bicyclic) bond motifs is 1. The summed E-state index contributed by atoms with van der Waals surface area (Å²) in [7, 11) is 0. The number of thioether (sulfide) groups is 1. The number of thiophene rings is 1. The van der Waals surface area contributed by atoms with Crippen molar-refractivity contribution < 1.29 is 4.79 Å². The molecule has 0 spiro atoms. The third kappa shape index (κ3) is 3.88. The average molecular weight is 375 g/mol. The van der Waals surface area contributed by atoms with E-state index in [1.54, 1.807) is 23.1 Å². The highest BCUT2D eigenvalue weighted by molar-refractivity contribution is 7.98. The molecule has 0 aliphatic rings. The van der Waals surface area contributed by atoms with E-state index in [4.69, 9.17) is 0 Å². The fraction of sp³-hybridized carbons (Fsp3) is 0.389. The lowest BCUT2D eigenvalue weighted by Crippen LogP contribution is -2.30. The summed E-state index contributed by atoms with van der Waals surface area (Å²) in [6, 6.07) is 7.62. The molecule has 132 valence electrons. The lowest BCUT2D eigenvalue weighted by molar-refractivity contribution is 0.0938. The number of nitrogens with one attached hydrogen (secondary N) is 1. The zero-order valence-corrected chi connectivity index (χ0v) is 16.3. The summed E-state index contributed by atoms with van der Waals surface area (Å²) < 4.78 is 1.95. The fourth-order valence-corrected chi connectivity index (χ4v) is 4.30. The lowest BCUT2D eigenvalue weighted by Gasteiger charge is -2.16. The molecule has 0 bridgehead atoms. The number of hydrogen-bond acceptors (Lipinski definition) is 5. The normalized spacial score (nSPS) is 12.4. The van der Waals surface area contributed by atoms with Gasteiger partial charge in [0.05, 0.1) is 10.9 Å². The predicted molar refractivity (Wildman–Crippen MR) is 105 cm³/mol. The van der Waals surface area contributed by atoms with Crippen LogP contribution in [0, 0.1) is 6.92 Å². The van der Waals surface area contributed by atoms with Gasteiger partial charge in [-0.15, -0.1) is 21.5 Å². The topological polar surface area (TPSA) is 59.3 Å². The minimum atomic E-state index is -0.162. The van der Waals surface area contributed by atoms with Gasteiger partial charge < -0.3 is 5.32 Å². The van der Waals surface area contributed by atoms with Crippen LogP contribution in [-0.2, 0) is 6.42 Å². The second-order valence-electron chi connectivity index (χ2n) is 5.86. The molecule has 5 nitrogen and oxygen atoms in total. The Labute approximate surface area is 155 Å². The number of aryl methyl sites for hydroxylation is 2. The number of amides is 1. The average Bonchev–Trinajstić information content (AvgIpc) is 3.22. The number of hydrogen-bond donors (Lipinski definition) is 1. The zero-order valence-electron chi connectivity index (χ0n) is 14.7. The van der Waals surface area contributed by atoms with E-state index in [1.807, 2.05) is 34.9 Å². The van der Waals surface area contributed by atoms with Crippen molar-refractivity contribution in [2.45, 2.75) is 32.7 Å². The standard InChI is InChI=1S/C18H22N4OS2/c1-4-14-12(2)11-15(25-14)18(23)19-13(8-10-24-3)17-21-20-16-7-5-6-9-22(16)17/h5-7,9,11,13H,4,8,10H2,1-3H3,(H,19,23). The largest absolute Gasteiger partial charge is 0.341 e. The first-order valence-electron chi connectivity index (χ1n) is 8.32. The van der Waals surface area contributed by atoms with Crippen LogP contribution in [0.3, 0.4) is 0 Å². The third-order valence-corrected chi connectivity index (χ3v) is 6.16. The molecular formula is C18H22N4OS2. The summed E-state index contributed by atoms with van der Waals surface area (Å²) in [5, 5.41) is 11.7. The van der Waals surface area contributed by atoms with Crippen LogP contribution in [-0.4, -0.2) is 32.5 Å². The summed E-state index contributed by atoms with van der Waals surface area (Å²) in [6.45, 7) is 4.17. The molecular weight excluding hydrogens is 352 g/mol. The lowest BCUT2D eigenvalue weighted by atomic mass is 10.2. The van der Waals surface area contributed by atoms with Gasteiger partial charge in [0.2, 0.25) is 0 Å². The van der Waals surface area contributed by atoms with E-state index in [-0.39, 0.29) is 11.9 Å². The number of carbonyl (C=O) groups is 1. The Morgan fingerprint density at radius 2 is 2.24 bits per heavy atom. The van der Waals surface area contributed by atoms with Crippen molar-refractivity contribution in [3.05, 3.63) is 51.6 Å². The molecule has 3 aromatic heterocycles. The first-order chi connectivity index (χ1) is 12.1. The van der Waals surface area contributed by atoms with Crippen molar-refractivity contribution in [3.8, 4) is 0 Å². The Morgan fingerprint density at radius 3 is 2.96 bits per heavy atom. The van der Waals surface area contributed by atoms with Crippen LogP contribution in [0.5, 0.6) is 0 Å². The van der Waals surface area contributed by atoms with Crippen molar-refractivity contribution >= 4 is 34.7 Å². The molecule has 0 aliphatic heterocycles. The smallest absolute Gasteiger partial charge is 0.261 e. The maximum Gasteiger partial charge on any atom is 0.261 e. The van der Waals surface area contributed by atoms with Crippen LogP contribution < -0.4 is 5.32 Å². The van der Waals surface area contributed by atoms with E-state index < -0.39 is 0 Å². The van der Waals surface area contributed by atoms with Crippen molar-refractivity contribution in [1.82, 2.24) is 19.9 Å². The number of nitrogens with zero attached hydrogens (tertiary/aromatic N) is 3. The Kier molecular flexibility index (Phi) is 5.75. The van der Waals surface area contributed by atoms with E-state index >= 15 is 0 Å². The van der Waals surface area contributed by atoms with Crippen molar-refractivity contribution in [2.24, 2.45) is 0 Å². The van der Waals surface area contributed by atoms with Crippen molar-refractivity contribution in [1.29, 1.82) is 0 Å². The third-order valence-electron chi connectivity index (χ3n) is 4.13. The molecule has 3 rings (SSSR count). The summed E-state index contributed by atoms with van der Waals surface area (Å²) in [4.78, 5) is 14.8. The molecule has 0 aliphatic carbocycles. The highest BCUT2D eigenvalue weighted by atomic mass is 32.2. The van der Waals surface area contributed by atoms with Gasteiger partial charge in [-0.25, -0.2) is 0 Å². The van der Waals surface area contributed by atoms with Crippen LogP contribution in [0.4, 0.5) is 0 Å². The minimum absolute atomic E-state index is 0.0356. The number of rotatable bonds is 7. The number of carbonyl (C=O) groups excluding carboxylic acids is 1. The molecule has 7 heteroatoms. The molecule has 0 aromatic carbocycles. The van der Waals surface area contributed by atoms with E-state index in [0.717, 1.165) is 34.9 Å². The summed E-state index contributed by atoms with van der Waals surface area (Å²) in [5.41, 5.74) is 1.98. The Balaban J connectivity index is 1.86. The second kappa shape index (κ2) is 8.01. The zero-order chi connectivity index (χ0) is 17.8. The quantitative estimate of drug-likeness (QED) is 0.682. The summed E-state index contributed by atoms with van der Waals surface area (Å²) in [6.07, 6.45) is 5.77. The van der Waals surface area contributed by atoms with Gasteiger partial charge >= 0.3 is 0 Å². The Morgan fingerprint density at radius 1 is 1.40 bits per heavy atom. The van der Waals surface area contributed by atoms with E-state index in [2.05, 4.69) is 35.6 Å². The molecule has 1 unspecified atom stereocenters. The van der Waals surface area contributed by atoms with Gasteiger partial charge in [-0.2, -0.15) is 11.8 Å². The maximum atomic E-state index is 12.8. The molecule has 1 amide bonds. The van der Waals surface area contributed by atoms with Crippen molar-refractivity contribution in [3.63, 3.8) is 0 Å². The molecule has 0 saturated carbocycles. The van der Waals surface area contributed by atoms with E-state index in [0.29, 0.717) is 0 Å². The highest BCUT2D eigenvalue weighted by Gasteiger charge is 2.22. The van der Waals surface area contributed by atoms with E-state index in [1.165, 1.54) is 10.4 Å². The van der Waals surface area contributed by atoms with Gasteiger partial charge in [0, 0.05) is 11.1 Å². The maximum absolute atomic E-state index is 12.8. The summed E-state index contributed by atoms with van der Waals surface area (Å²) >= 11 is 3.33. The SMILES string of the molecule is CCc1sc(C(=O)NC(CCSC)c2nnc3ccccn23)cc1C. The van der Waals surface area contributed by atoms with Gasteiger partial charge in [-0.05, 0) is 55.5 Å². The van der Waals surface area contributed by atoms with E-state index in [9.17, 15) is 4.79 Å². The van der Waals surface area contributed by atoms with Crippen LogP contribution >= 0.6 is 23.1 Å². The molecule has 0 radical (unpaired) electrons. The molecule has 3 heterocycles. The van der Waals surface area contributed by atoms with Crippen LogP contribution in [0.15, 0.2) is 30.5 Å². The molecule has 3 aromatic rings. The minimum Gasteiger partial charge on any atom is -0.341 e. The van der Waals surface area contributed by atoms with Gasteiger partial charge in [-0.1, -0.05) is 13.0 Å². The van der Waals surface area contributed by atoms with Crippen molar-refractivity contribution in [2.75, 3.05) is 12.0 Å². The van der Waals surface area contributed by atoms with Crippen LogP contribution in [0.2, 0.25) is 0 Å². The second-order valence-corrected chi connectivity index (χ2v) is 7.99. The summed E-state index contributed by atoms with van der Waals surface area (Å²) in [5.74, 6) is 1.68. The molecule has 1 N–H and O–H groups in total. The monoisotopic (exact) mass is 374 g/mol. The van der Waals surface area contributed by atoms with Gasteiger partial charge in [-0.3, -0.25) is 9.20 Å². The molecule has 0 saturated heterocycles. The molecule has 0 fully saturated rings. The predicted octanol–water partition coefficient (Wildman–Crippen LogP) is 3.89. The Hall–Kier alpha value is -1.86. The first kappa shape index (κ1) is 17.9. The fourth-order valence-electron chi connectivity index (χ4n) is 2.81. The van der Waals surface area contributed by atoms with Crippen LogP contribution in [0.25, 0.3) is 5.65 Å². The van der Waals surface area contributed by atoms with Gasteiger partial charge in [0.15, 0.2) is 11.5 Å². The number of aromatic nitrogens is 3. The molecule has 1 atom stereocenters. The Bertz CT molecular complexity index is 871. The molecule has 25 heavy (non-hydrogen) atoms. The first-order valence-corrected chi connectivity index (χ1v) is 10.5. The van der Waals surface area contributed by atoms with Crippen LogP contribution in [0.1, 0.15) is 45.3 Å². The van der Waals surface area contributed by atoms with Gasteiger partial charge in [0.1, 0.15) is 0 Å². The number of pyridine rings is 1. The highest BCUT2D eigenvalue weighted by Crippen LogP contribution is 2.24.